The van der Waals surface area contributed by atoms with Gasteiger partial charge in [0.2, 0.25) is 5.91 Å². The van der Waals surface area contributed by atoms with Crippen LogP contribution in [0.1, 0.15) is 24.9 Å². The summed E-state index contributed by atoms with van der Waals surface area (Å²) in [7, 11) is 0. The van der Waals surface area contributed by atoms with E-state index in [0.29, 0.717) is 12.5 Å². The van der Waals surface area contributed by atoms with Crippen LogP contribution < -0.4 is 10.6 Å². The molecule has 1 fully saturated rings. The van der Waals surface area contributed by atoms with Crippen LogP contribution in [-0.2, 0) is 4.79 Å². The summed E-state index contributed by atoms with van der Waals surface area (Å²) in [6.07, 6.45) is 4.14. The summed E-state index contributed by atoms with van der Waals surface area (Å²) in [5.41, 5.74) is 3.42. The minimum absolute atomic E-state index is 0. The Morgan fingerprint density at radius 3 is 2.46 bits per heavy atom. The second-order valence-electron chi connectivity index (χ2n) is 6.08. The predicted molar refractivity (Wildman–Crippen MR) is 114 cm³/mol. The number of halogens is 2. The molecule has 2 atom stereocenters. The highest BCUT2D eigenvalue weighted by Crippen LogP contribution is 2.21. The molecule has 142 valence electrons. The number of carbonyl (C=O) groups is 1. The standard InChI is InChI=1S/C19H23N3OS.2ClH/c1-14(22-19(23)12-18-13-24-11-10-21-18)15-2-4-16(5-3-15)17-6-8-20-9-7-17;;/h2-9,14,18,21H,10-13H2,1H3,(H,22,23);2*1H. The third kappa shape index (κ3) is 6.47. The van der Waals surface area contributed by atoms with Crippen molar-refractivity contribution >= 4 is 42.5 Å². The fourth-order valence-corrected chi connectivity index (χ4v) is 3.82. The average molecular weight is 414 g/mol. The first-order valence-corrected chi connectivity index (χ1v) is 9.48. The number of benzene rings is 1. The van der Waals surface area contributed by atoms with Gasteiger partial charge in [-0.1, -0.05) is 24.3 Å². The molecule has 1 aliphatic heterocycles. The number of hydrogen-bond donors (Lipinski definition) is 2. The van der Waals surface area contributed by atoms with E-state index in [2.05, 4.69) is 39.9 Å². The fraction of sp³-hybridized carbons (Fsp3) is 0.368. The van der Waals surface area contributed by atoms with Gasteiger partial charge >= 0.3 is 0 Å². The lowest BCUT2D eigenvalue weighted by Crippen LogP contribution is -2.41. The lowest BCUT2D eigenvalue weighted by Gasteiger charge is -2.23. The molecule has 7 heteroatoms. The highest BCUT2D eigenvalue weighted by Gasteiger charge is 2.18. The number of amides is 1. The lowest BCUT2D eigenvalue weighted by atomic mass is 10.0. The molecular formula is C19H25Cl2N3OS. The normalized spacial score (nSPS) is 17.3. The molecule has 2 N–H and O–H groups in total. The van der Waals surface area contributed by atoms with Crippen LogP contribution in [0.5, 0.6) is 0 Å². The van der Waals surface area contributed by atoms with Crippen molar-refractivity contribution in [3.8, 4) is 11.1 Å². The van der Waals surface area contributed by atoms with Gasteiger partial charge < -0.3 is 10.6 Å². The van der Waals surface area contributed by atoms with Crippen LogP contribution in [0.15, 0.2) is 48.8 Å². The number of thioether (sulfide) groups is 1. The van der Waals surface area contributed by atoms with E-state index >= 15 is 0 Å². The van der Waals surface area contributed by atoms with Crippen molar-refractivity contribution in [3.05, 3.63) is 54.4 Å². The van der Waals surface area contributed by atoms with Crippen LogP contribution in [0.4, 0.5) is 0 Å². The molecule has 0 spiro atoms. The Labute approximate surface area is 171 Å². The molecule has 2 heterocycles. The Morgan fingerprint density at radius 2 is 1.85 bits per heavy atom. The SMILES string of the molecule is CC(NC(=O)CC1CSCCN1)c1ccc(-c2ccncc2)cc1.Cl.Cl. The monoisotopic (exact) mass is 413 g/mol. The zero-order chi connectivity index (χ0) is 16.8. The van der Waals surface area contributed by atoms with E-state index in [-0.39, 0.29) is 36.8 Å². The largest absolute Gasteiger partial charge is 0.350 e. The summed E-state index contributed by atoms with van der Waals surface area (Å²) in [6, 6.07) is 12.6. The van der Waals surface area contributed by atoms with Gasteiger partial charge in [-0.2, -0.15) is 11.8 Å². The molecular weight excluding hydrogens is 389 g/mol. The first-order chi connectivity index (χ1) is 11.7. The van der Waals surface area contributed by atoms with E-state index in [1.54, 1.807) is 12.4 Å². The van der Waals surface area contributed by atoms with Gasteiger partial charge in [-0.05, 0) is 35.7 Å². The second-order valence-corrected chi connectivity index (χ2v) is 7.23. The van der Waals surface area contributed by atoms with Crippen molar-refractivity contribution in [2.75, 3.05) is 18.1 Å². The minimum Gasteiger partial charge on any atom is -0.350 e. The molecule has 0 saturated carbocycles. The maximum absolute atomic E-state index is 12.2. The second kappa shape index (κ2) is 11.4. The van der Waals surface area contributed by atoms with E-state index in [1.165, 1.54) is 0 Å². The van der Waals surface area contributed by atoms with Crippen molar-refractivity contribution < 1.29 is 4.79 Å². The van der Waals surface area contributed by atoms with Gasteiger partial charge in [0.05, 0.1) is 6.04 Å². The Balaban J connectivity index is 0.00000169. The quantitative estimate of drug-likeness (QED) is 0.780. The number of carbonyl (C=O) groups excluding carboxylic acids is 1. The Kier molecular flexibility index (Phi) is 10.0. The van der Waals surface area contributed by atoms with Crippen molar-refractivity contribution in [3.63, 3.8) is 0 Å². The van der Waals surface area contributed by atoms with Gasteiger partial charge in [-0.15, -0.1) is 24.8 Å². The first-order valence-electron chi connectivity index (χ1n) is 8.33. The van der Waals surface area contributed by atoms with Gasteiger partial charge in [0.25, 0.3) is 0 Å². The molecule has 1 amide bonds. The topological polar surface area (TPSA) is 54.0 Å². The average Bonchev–Trinajstić information content (AvgIpc) is 2.63. The molecule has 1 aromatic carbocycles. The molecule has 4 nitrogen and oxygen atoms in total. The van der Waals surface area contributed by atoms with Crippen LogP contribution in [-0.4, -0.2) is 35.0 Å². The third-order valence-electron chi connectivity index (χ3n) is 4.23. The molecule has 1 saturated heterocycles. The van der Waals surface area contributed by atoms with E-state index in [0.717, 1.165) is 34.7 Å². The molecule has 26 heavy (non-hydrogen) atoms. The summed E-state index contributed by atoms with van der Waals surface area (Å²) in [5, 5.41) is 6.51. The smallest absolute Gasteiger partial charge is 0.222 e. The predicted octanol–water partition coefficient (Wildman–Crippen LogP) is 3.86. The molecule has 1 aromatic heterocycles. The minimum atomic E-state index is 0. The summed E-state index contributed by atoms with van der Waals surface area (Å²) < 4.78 is 0. The summed E-state index contributed by atoms with van der Waals surface area (Å²) in [4.78, 5) is 16.3. The van der Waals surface area contributed by atoms with Crippen molar-refractivity contribution in [1.29, 1.82) is 0 Å². The first kappa shape index (κ1) is 22.8. The highest BCUT2D eigenvalue weighted by molar-refractivity contribution is 7.99. The Hall–Kier alpha value is -1.27. The molecule has 2 unspecified atom stereocenters. The number of rotatable bonds is 5. The van der Waals surface area contributed by atoms with Crippen LogP contribution in [0, 0.1) is 0 Å². The molecule has 1 aliphatic rings. The van der Waals surface area contributed by atoms with Crippen LogP contribution in [0.3, 0.4) is 0 Å². The number of aromatic nitrogens is 1. The van der Waals surface area contributed by atoms with Crippen molar-refractivity contribution in [1.82, 2.24) is 15.6 Å². The molecule has 0 bridgehead atoms. The zero-order valence-electron chi connectivity index (χ0n) is 14.7. The summed E-state index contributed by atoms with van der Waals surface area (Å²) in [5.74, 6) is 2.27. The Bertz CT molecular complexity index is 664. The van der Waals surface area contributed by atoms with E-state index in [4.69, 9.17) is 0 Å². The van der Waals surface area contributed by atoms with Crippen molar-refractivity contribution in [2.45, 2.75) is 25.4 Å². The third-order valence-corrected chi connectivity index (χ3v) is 5.36. The Morgan fingerprint density at radius 1 is 1.19 bits per heavy atom. The molecule has 0 radical (unpaired) electrons. The maximum atomic E-state index is 12.2. The van der Waals surface area contributed by atoms with E-state index in [1.807, 2.05) is 30.8 Å². The lowest BCUT2D eigenvalue weighted by molar-refractivity contribution is -0.122. The highest BCUT2D eigenvalue weighted by atomic mass is 35.5. The summed E-state index contributed by atoms with van der Waals surface area (Å²) >= 11 is 1.91. The zero-order valence-corrected chi connectivity index (χ0v) is 17.1. The van der Waals surface area contributed by atoms with Gasteiger partial charge in [0.15, 0.2) is 0 Å². The van der Waals surface area contributed by atoms with E-state index < -0.39 is 0 Å². The fourth-order valence-electron chi connectivity index (χ4n) is 2.87. The van der Waals surface area contributed by atoms with Crippen LogP contribution >= 0.6 is 36.6 Å². The number of pyridine rings is 1. The van der Waals surface area contributed by atoms with Gasteiger partial charge in [-0.3, -0.25) is 9.78 Å². The van der Waals surface area contributed by atoms with Crippen LogP contribution in [0.2, 0.25) is 0 Å². The number of nitrogens with one attached hydrogen (secondary N) is 2. The van der Waals surface area contributed by atoms with Crippen LogP contribution in [0.25, 0.3) is 11.1 Å². The van der Waals surface area contributed by atoms with Gasteiger partial charge in [0, 0.05) is 42.9 Å². The number of nitrogens with zero attached hydrogens (tertiary/aromatic N) is 1. The summed E-state index contributed by atoms with van der Waals surface area (Å²) in [6.45, 7) is 3.02. The van der Waals surface area contributed by atoms with Gasteiger partial charge in [-0.25, -0.2) is 0 Å². The molecule has 0 aliphatic carbocycles. The van der Waals surface area contributed by atoms with Gasteiger partial charge in [0.1, 0.15) is 0 Å². The molecule has 3 rings (SSSR count). The molecule has 2 aromatic rings. The van der Waals surface area contributed by atoms with E-state index in [9.17, 15) is 4.79 Å². The van der Waals surface area contributed by atoms with Crippen molar-refractivity contribution in [2.24, 2.45) is 0 Å². The number of hydrogen-bond acceptors (Lipinski definition) is 4. The maximum Gasteiger partial charge on any atom is 0.222 e.